The van der Waals surface area contributed by atoms with Crippen molar-refractivity contribution in [3.63, 3.8) is 0 Å². The van der Waals surface area contributed by atoms with Crippen molar-refractivity contribution in [3.05, 3.63) is 113 Å². The van der Waals surface area contributed by atoms with Gasteiger partial charge in [-0.15, -0.1) is 0 Å². The number of hydrogen-bond acceptors (Lipinski definition) is 4. The highest BCUT2D eigenvalue weighted by Crippen LogP contribution is 2.46. The topological polar surface area (TPSA) is 54.1 Å². The Kier molecular flexibility index (Phi) is 8.59. The summed E-state index contributed by atoms with van der Waals surface area (Å²) < 4.78 is 16.5. The Morgan fingerprint density at radius 2 is 1.62 bits per heavy atom. The van der Waals surface area contributed by atoms with Gasteiger partial charge in [-0.25, -0.2) is 9.67 Å². The fourth-order valence-corrected chi connectivity index (χ4v) is 8.06. The summed E-state index contributed by atoms with van der Waals surface area (Å²) in [5.74, 6) is 4.85. The lowest BCUT2D eigenvalue weighted by atomic mass is 9.68. The number of methoxy groups -OCH3 is 1. The molecule has 6 heteroatoms. The van der Waals surface area contributed by atoms with Gasteiger partial charge < -0.3 is 9.47 Å². The van der Waals surface area contributed by atoms with Gasteiger partial charge in [-0.2, -0.15) is 5.10 Å². The van der Waals surface area contributed by atoms with Crippen LogP contribution in [0.25, 0.3) is 33.3 Å². The maximum Gasteiger partial charge on any atom is 0.141 e. The zero-order valence-electron chi connectivity index (χ0n) is 29.2. The fourth-order valence-electron chi connectivity index (χ4n) is 8.06. The molecular formula is C42H46N4O2. The van der Waals surface area contributed by atoms with Crippen molar-refractivity contribution >= 4 is 21.8 Å². The molecule has 0 aliphatic heterocycles. The van der Waals surface area contributed by atoms with Gasteiger partial charge in [-0.05, 0) is 93.8 Å². The van der Waals surface area contributed by atoms with E-state index in [2.05, 4.69) is 118 Å². The van der Waals surface area contributed by atoms with Crippen LogP contribution < -0.4 is 9.47 Å². The van der Waals surface area contributed by atoms with E-state index in [0.717, 1.165) is 68.2 Å². The molecule has 1 aliphatic carbocycles. The average molecular weight is 639 g/mol. The van der Waals surface area contributed by atoms with Gasteiger partial charge >= 0.3 is 0 Å². The molecule has 0 spiro atoms. The maximum absolute atomic E-state index is 6.64. The third-order valence-corrected chi connectivity index (χ3v) is 10.4. The number of aryl methyl sites for hydroxylation is 2. The second-order valence-corrected chi connectivity index (χ2v) is 13.3. The average Bonchev–Trinajstić information content (AvgIpc) is 3.59. The quantitative estimate of drug-likeness (QED) is 0.148. The number of para-hydroxylation sites is 1. The molecule has 3 aromatic heterocycles. The second-order valence-electron chi connectivity index (χ2n) is 13.3. The summed E-state index contributed by atoms with van der Waals surface area (Å²) in [6, 6.07) is 25.0. The van der Waals surface area contributed by atoms with E-state index in [1.807, 2.05) is 12.1 Å². The largest absolute Gasteiger partial charge is 0.497 e. The number of aromatic nitrogens is 4. The second kappa shape index (κ2) is 13.0. The fraction of sp³-hybridized carbons (Fsp3) is 0.333. The highest BCUT2D eigenvalue weighted by Gasteiger charge is 2.34. The monoisotopic (exact) mass is 638 g/mol. The Morgan fingerprint density at radius 1 is 0.812 bits per heavy atom. The summed E-state index contributed by atoms with van der Waals surface area (Å²) in [7, 11) is 1.68. The molecule has 3 atom stereocenters. The van der Waals surface area contributed by atoms with Gasteiger partial charge in [-0.1, -0.05) is 57.0 Å². The molecule has 0 saturated carbocycles. The number of pyridine rings is 1. The third-order valence-electron chi connectivity index (χ3n) is 10.4. The highest BCUT2D eigenvalue weighted by atomic mass is 16.5. The van der Waals surface area contributed by atoms with Gasteiger partial charge in [0.2, 0.25) is 0 Å². The van der Waals surface area contributed by atoms with E-state index >= 15 is 0 Å². The summed E-state index contributed by atoms with van der Waals surface area (Å²) in [6.07, 6.45) is 9.09. The standard InChI is InChI=1S/C42H46N4O2/c1-8-29-21-30(9-2)42(31(10-3)22-29)41-27(5)44-46(28(41)6)32-19-26(4)20-35(23-32)48-34-15-16-37-36-13-11-12-14-38(36)45(39(37)24-34)40-25-33(47-7)17-18-43-40/h11-21,23-25,29,31,42H,8-10,22H2,1-7H3/t29-,31-,42?/m0/s1. The van der Waals surface area contributed by atoms with Crippen molar-refractivity contribution in [3.8, 4) is 28.8 Å². The van der Waals surface area contributed by atoms with Gasteiger partial charge in [0.25, 0.3) is 0 Å². The molecule has 0 bridgehead atoms. The molecule has 3 aromatic carbocycles. The number of allylic oxidation sites excluding steroid dienone is 2. The van der Waals surface area contributed by atoms with E-state index in [-0.39, 0.29) is 0 Å². The molecule has 0 fully saturated rings. The van der Waals surface area contributed by atoms with Crippen LogP contribution in [0.15, 0.2) is 90.6 Å². The first-order chi connectivity index (χ1) is 23.3. The van der Waals surface area contributed by atoms with E-state index in [1.54, 1.807) is 18.9 Å². The van der Waals surface area contributed by atoms with Crippen molar-refractivity contribution in [2.45, 2.75) is 73.1 Å². The molecule has 7 rings (SSSR count). The minimum absolute atomic E-state index is 0.426. The van der Waals surface area contributed by atoms with Gasteiger partial charge in [0.15, 0.2) is 0 Å². The molecule has 6 aromatic rings. The highest BCUT2D eigenvalue weighted by molar-refractivity contribution is 6.09. The minimum Gasteiger partial charge on any atom is -0.497 e. The summed E-state index contributed by atoms with van der Waals surface area (Å²) in [4.78, 5) is 4.71. The lowest BCUT2D eigenvalue weighted by Crippen LogP contribution is -2.24. The van der Waals surface area contributed by atoms with Crippen molar-refractivity contribution in [2.24, 2.45) is 11.8 Å². The summed E-state index contributed by atoms with van der Waals surface area (Å²) in [5, 5.41) is 7.46. The number of rotatable bonds is 9. The van der Waals surface area contributed by atoms with E-state index in [0.29, 0.717) is 17.8 Å². The Morgan fingerprint density at radius 3 is 2.40 bits per heavy atom. The molecule has 0 radical (unpaired) electrons. The first-order valence-corrected chi connectivity index (χ1v) is 17.4. The third kappa shape index (κ3) is 5.57. The first kappa shape index (κ1) is 31.7. The van der Waals surface area contributed by atoms with Crippen molar-refractivity contribution in [1.82, 2.24) is 19.3 Å². The van der Waals surface area contributed by atoms with Crippen molar-refractivity contribution < 1.29 is 9.47 Å². The zero-order valence-corrected chi connectivity index (χ0v) is 29.2. The SMILES string of the molecule is CCC1=C[C@H](CC)C[C@H](CC)C1c1c(C)nn(-c2cc(C)cc(Oc3ccc4c5ccccc5n(-c5cc(OC)ccn5)c4c3)c2)c1C. The van der Waals surface area contributed by atoms with Crippen LogP contribution in [-0.2, 0) is 0 Å². The van der Waals surface area contributed by atoms with Crippen LogP contribution in [0.5, 0.6) is 17.2 Å². The maximum atomic E-state index is 6.64. The molecule has 0 saturated heterocycles. The molecular weight excluding hydrogens is 592 g/mol. The molecule has 1 aliphatic rings. The molecule has 3 heterocycles. The van der Waals surface area contributed by atoms with Crippen molar-refractivity contribution in [2.75, 3.05) is 7.11 Å². The zero-order chi connectivity index (χ0) is 33.5. The van der Waals surface area contributed by atoms with Gasteiger partial charge in [-0.3, -0.25) is 4.57 Å². The van der Waals surface area contributed by atoms with E-state index < -0.39 is 0 Å². The molecule has 6 nitrogen and oxygen atoms in total. The predicted molar refractivity (Wildman–Crippen MR) is 196 cm³/mol. The summed E-state index contributed by atoms with van der Waals surface area (Å²) in [5.41, 5.74) is 9.57. The van der Waals surface area contributed by atoms with Gasteiger partial charge in [0, 0.05) is 52.3 Å². The summed E-state index contributed by atoms with van der Waals surface area (Å²) >= 11 is 0. The number of fused-ring (bicyclic) bond motifs is 3. The Balaban J connectivity index is 1.28. The van der Waals surface area contributed by atoms with Crippen molar-refractivity contribution in [1.29, 1.82) is 0 Å². The van der Waals surface area contributed by atoms with Crippen LogP contribution >= 0.6 is 0 Å². The Labute approximate surface area is 284 Å². The van der Waals surface area contributed by atoms with E-state index in [9.17, 15) is 0 Å². The normalized spacial score (nSPS) is 18.0. The lowest BCUT2D eigenvalue weighted by Gasteiger charge is -2.36. The van der Waals surface area contributed by atoms with E-state index in [1.165, 1.54) is 30.5 Å². The number of benzene rings is 3. The lowest BCUT2D eigenvalue weighted by molar-refractivity contribution is 0.330. The van der Waals surface area contributed by atoms with Gasteiger partial charge in [0.05, 0.1) is 29.5 Å². The minimum atomic E-state index is 0.426. The van der Waals surface area contributed by atoms with E-state index in [4.69, 9.17) is 19.6 Å². The van der Waals surface area contributed by atoms with Crippen LogP contribution in [0.3, 0.4) is 0 Å². The van der Waals surface area contributed by atoms with Crippen LogP contribution in [0.4, 0.5) is 0 Å². The molecule has 0 amide bonds. The molecule has 0 N–H and O–H groups in total. The Bertz CT molecular complexity index is 2150. The van der Waals surface area contributed by atoms with Gasteiger partial charge in [0.1, 0.15) is 23.1 Å². The summed E-state index contributed by atoms with van der Waals surface area (Å²) in [6.45, 7) is 13.5. The number of ether oxygens (including phenoxy) is 2. The molecule has 246 valence electrons. The molecule has 48 heavy (non-hydrogen) atoms. The number of nitrogens with zero attached hydrogens (tertiary/aromatic N) is 4. The van der Waals surface area contributed by atoms with Crippen LogP contribution in [0.2, 0.25) is 0 Å². The number of hydrogen-bond donors (Lipinski definition) is 0. The van der Waals surface area contributed by atoms with Crippen LogP contribution in [0.1, 0.15) is 74.9 Å². The predicted octanol–water partition coefficient (Wildman–Crippen LogP) is 11.0. The smallest absolute Gasteiger partial charge is 0.141 e. The van der Waals surface area contributed by atoms with Crippen LogP contribution in [0, 0.1) is 32.6 Å². The Hall–Kier alpha value is -4.84. The van der Waals surface area contributed by atoms with Crippen LogP contribution in [-0.4, -0.2) is 26.4 Å². The molecule has 1 unspecified atom stereocenters. The first-order valence-electron chi connectivity index (χ1n) is 17.4.